The number of likely N-dealkylation sites (tertiary alicyclic amines) is 1. The smallest absolute Gasteiger partial charge is 0.328 e. The normalized spacial score (nSPS) is 23.8. The minimum absolute atomic E-state index is 0.0368. The maximum absolute atomic E-state index is 12.1. The maximum atomic E-state index is 12.1. The van der Waals surface area contributed by atoms with Gasteiger partial charge in [-0.2, -0.15) is 0 Å². The van der Waals surface area contributed by atoms with Crippen molar-refractivity contribution in [3.63, 3.8) is 0 Å². The van der Waals surface area contributed by atoms with Gasteiger partial charge >= 0.3 is 5.97 Å². The standard InChI is InChI=1S/C20H23NO3/c1-20(19(23)24,17-10-6-3-7-11-17)21-12-16(14-22)18(13-21)15-8-4-2-5-9-15/h2-11,16,18,22H,12-14H2,1H3,(H,23,24)/t16?,18?,20-/m1/s1. The first-order valence-electron chi connectivity index (χ1n) is 8.27. The topological polar surface area (TPSA) is 60.8 Å². The van der Waals surface area contributed by atoms with Gasteiger partial charge in [-0.1, -0.05) is 60.7 Å². The van der Waals surface area contributed by atoms with Crippen LogP contribution < -0.4 is 0 Å². The lowest BCUT2D eigenvalue weighted by molar-refractivity contribution is -0.150. The predicted molar refractivity (Wildman–Crippen MR) is 92.8 cm³/mol. The fraction of sp³-hybridized carbons (Fsp3) is 0.350. The molecule has 0 spiro atoms. The zero-order valence-corrected chi connectivity index (χ0v) is 13.8. The van der Waals surface area contributed by atoms with E-state index in [0.717, 1.165) is 11.1 Å². The summed E-state index contributed by atoms with van der Waals surface area (Å²) < 4.78 is 0. The number of rotatable bonds is 5. The molecule has 2 aromatic carbocycles. The molecule has 126 valence electrons. The number of nitrogens with zero attached hydrogens (tertiary/aromatic N) is 1. The number of aliphatic hydroxyl groups excluding tert-OH is 1. The van der Waals surface area contributed by atoms with Crippen molar-refractivity contribution in [3.05, 3.63) is 71.8 Å². The van der Waals surface area contributed by atoms with E-state index in [1.807, 2.05) is 53.4 Å². The van der Waals surface area contributed by atoms with Crippen LogP contribution in [0, 0.1) is 5.92 Å². The molecular weight excluding hydrogens is 302 g/mol. The zero-order valence-electron chi connectivity index (χ0n) is 13.8. The molecule has 3 rings (SSSR count). The molecule has 4 heteroatoms. The average molecular weight is 325 g/mol. The van der Waals surface area contributed by atoms with E-state index in [0.29, 0.717) is 13.1 Å². The predicted octanol–water partition coefficient (Wildman–Crippen LogP) is 2.69. The van der Waals surface area contributed by atoms with Crippen molar-refractivity contribution in [2.45, 2.75) is 18.4 Å². The van der Waals surface area contributed by atoms with E-state index in [4.69, 9.17) is 0 Å². The Morgan fingerprint density at radius 3 is 2.21 bits per heavy atom. The molecule has 2 N–H and O–H groups in total. The summed E-state index contributed by atoms with van der Waals surface area (Å²) in [6.45, 7) is 2.99. The molecule has 0 saturated carbocycles. The van der Waals surface area contributed by atoms with Gasteiger partial charge in [-0.05, 0) is 18.1 Å². The Morgan fingerprint density at radius 1 is 1.08 bits per heavy atom. The van der Waals surface area contributed by atoms with Gasteiger partial charge in [-0.3, -0.25) is 4.90 Å². The van der Waals surface area contributed by atoms with Crippen LogP contribution in [0.5, 0.6) is 0 Å². The van der Waals surface area contributed by atoms with Gasteiger partial charge in [0.2, 0.25) is 0 Å². The summed E-state index contributed by atoms with van der Waals surface area (Å²) in [6.07, 6.45) is 0. The molecule has 4 nitrogen and oxygen atoms in total. The molecule has 1 heterocycles. The van der Waals surface area contributed by atoms with Crippen molar-refractivity contribution in [2.24, 2.45) is 5.92 Å². The minimum Gasteiger partial charge on any atom is -0.480 e. The summed E-state index contributed by atoms with van der Waals surface area (Å²) in [7, 11) is 0. The van der Waals surface area contributed by atoms with Crippen molar-refractivity contribution in [1.82, 2.24) is 4.90 Å². The molecule has 2 unspecified atom stereocenters. The highest BCUT2D eigenvalue weighted by Gasteiger charge is 2.47. The van der Waals surface area contributed by atoms with Gasteiger partial charge < -0.3 is 10.2 Å². The Bertz CT molecular complexity index is 689. The molecule has 3 atom stereocenters. The van der Waals surface area contributed by atoms with E-state index in [1.165, 1.54) is 0 Å². The number of carboxylic acid groups (broad SMARTS) is 1. The molecule has 0 aromatic heterocycles. The van der Waals surface area contributed by atoms with Crippen LogP contribution in [0.2, 0.25) is 0 Å². The quantitative estimate of drug-likeness (QED) is 0.887. The molecule has 1 aliphatic heterocycles. The van der Waals surface area contributed by atoms with Crippen molar-refractivity contribution in [1.29, 1.82) is 0 Å². The lowest BCUT2D eigenvalue weighted by Crippen LogP contribution is -2.49. The Morgan fingerprint density at radius 2 is 1.67 bits per heavy atom. The van der Waals surface area contributed by atoms with Gasteiger partial charge in [0.25, 0.3) is 0 Å². The van der Waals surface area contributed by atoms with E-state index in [1.54, 1.807) is 6.92 Å². The van der Waals surface area contributed by atoms with Gasteiger partial charge in [-0.25, -0.2) is 4.79 Å². The molecule has 0 bridgehead atoms. The third-order valence-electron chi connectivity index (χ3n) is 5.29. The van der Waals surface area contributed by atoms with Crippen LogP contribution >= 0.6 is 0 Å². The highest BCUT2D eigenvalue weighted by molar-refractivity contribution is 5.80. The molecular formula is C20H23NO3. The zero-order chi connectivity index (χ0) is 17.2. The second-order valence-electron chi connectivity index (χ2n) is 6.61. The Balaban J connectivity index is 1.95. The summed E-state index contributed by atoms with van der Waals surface area (Å²) in [6, 6.07) is 19.4. The number of hydrogen-bond donors (Lipinski definition) is 2. The first-order chi connectivity index (χ1) is 11.6. The lowest BCUT2D eigenvalue weighted by Gasteiger charge is -2.35. The van der Waals surface area contributed by atoms with Crippen LogP contribution in [-0.4, -0.2) is 40.8 Å². The third-order valence-corrected chi connectivity index (χ3v) is 5.29. The van der Waals surface area contributed by atoms with Crippen LogP contribution in [0.4, 0.5) is 0 Å². The SMILES string of the molecule is C[C@](C(=O)O)(c1ccccc1)N1CC(CO)C(c2ccccc2)C1. The molecule has 0 radical (unpaired) electrons. The number of aliphatic hydroxyl groups is 1. The summed E-state index contributed by atoms with van der Waals surface area (Å²) in [4.78, 5) is 14.1. The molecule has 0 aliphatic carbocycles. The van der Waals surface area contributed by atoms with E-state index >= 15 is 0 Å². The first kappa shape index (κ1) is 16.7. The van der Waals surface area contributed by atoms with E-state index in [-0.39, 0.29) is 18.4 Å². The van der Waals surface area contributed by atoms with Crippen molar-refractivity contribution < 1.29 is 15.0 Å². The fourth-order valence-corrected chi connectivity index (χ4v) is 3.70. The van der Waals surface area contributed by atoms with Gasteiger partial charge in [-0.15, -0.1) is 0 Å². The Labute approximate surface area is 142 Å². The summed E-state index contributed by atoms with van der Waals surface area (Å²) >= 11 is 0. The highest BCUT2D eigenvalue weighted by Crippen LogP contribution is 2.40. The second-order valence-corrected chi connectivity index (χ2v) is 6.61. The van der Waals surface area contributed by atoms with E-state index in [2.05, 4.69) is 12.1 Å². The monoisotopic (exact) mass is 325 g/mol. The summed E-state index contributed by atoms with van der Waals surface area (Å²) in [5, 5.41) is 19.8. The van der Waals surface area contributed by atoms with Crippen molar-refractivity contribution >= 4 is 5.97 Å². The molecule has 1 fully saturated rings. The number of benzene rings is 2. The molecule has 1 aliphatic rings. The maximum Gasteiger partial charge on any atom is 0.328 e. The third kappa shape index (κ3) is 2.83. The second kappa shape index (κ2) is 6.75. The molecule has 1 saturated heterocycles. The van der Waals surface area contributed by atoms with Crippen LogP contribution in [0.15, 0.2) is 60.7 Å². The lowest BCUT2D eigenvalue weighted by atomic mass is 9.89. The summed E-state index contributed by atoms with van der Waals surface area (Å²) in [5.41, 5.74) is 0.820. The fourth-order valence-electron chi connectivity index (χ4n) is 3.70. The molecule has 24 heavy (non-hydrogen) atoms. The Hall–Kier alpha value is -2.17. The number of carboxylic acids is 1. The van der Waals surface area contributed by atoms with E-state index in [9.17, 15) is 15.0 Å². The van der Waals surface area contributed by atoms with Crippen LogP contribution in [0.25, 0.3) is 0 Å². The first-order valence-corrected chi connectivity index (χ1v) is 8.27. The van der Waals surface area contributed by atoms with Gasteiger partial charge in [0.05, 0.1) is 0 Å². The largest absolute Gasteiger partial charge is 0.480 e. The Kier molecular flexibility index (Phi) is 4.69. The van der Waals surface area contributed by atoms with Crippen LogP contribution in [0.1, 0.15) is 24.0 Å². The van der Waals surface area contributed by atoms with Gasteiger partial charge in [0, 0.05) is 31.5 Å². The van der Waals surface area contributed by atoms with Crippen LogP contribution in [-0.2, 0) is 10.3 Å². The number of carbonyl (C=O) groups is 1. The van der Waals surface area contributed by atoms with Gasteiger partial charge in [0.1, 0.15) is 5.54 Å². The van der Waals surface area contributed by atoms with Crippen molar-refractivity contribution in [2.75, 3.05) is 19.7 Å². The van der Waals surface area contributed by atoms with E-state index < -0.39 is 11.5 Å². The summed E-state index contributed by atoms with van der Waals surface area (Å²) in [5.74, 6) is -0.688. The van der Waals surface area contributed by atoms with Crippen molar-refractivity contribution in [3.8, 4) is 0 Å². The number of hydrogen-bond acceptors (Lipinski definition) is 3. The van der Waals surface area contributed by atoms with Crippen LogP contribution in [0.3, 0.4) is 0 Å². The highest BCUT2D eigenvalue weighted by atomic mass is 16.4. The number of aliphatic carboxylic acids is 1. The molecule has 0 amide bonds. The van der Waals surface area contributed by atoms with Gasteiger partial charge in [0.15, 0.2) is 0 Å². The minimum atomic E-state index is -1.10. The molecule has 2 aromatic rings. The average Bonchev–Trinajstić information content (AvgIpc) is 3.07.